The molecule has 0 atom stereocenters. The van der Waals surface area contributed by atoms with Gasteiger partial charge in [0, 0.05) is 13.1 Å². The fourth-order valence-corrected chi connectivity index (χ4v) is 2.60. The average Bonchev–Trinajstić information content (AvgIpc) is 2.72. The molecule has 1 fully saturated rings. The van der Waals surface area contributed by atoms with Gasteiger partial charge in [0.1, 0.15) is 5.75 Å². The third-order valence-electron chi connectivity index (χ3n) is 3.72. The van der Waals surface area contributed by atoms with Crippen LogP contribution in [-0.2, 0) is 6.54 Å². The Morgan fingerprint density at radius 2 is 1.89 bits per heavy atom. The van der Waals surface area contributed by atoms with E-state index >= 15 is 0 Å². The molecule has 19 heavy (non-hydrogen) atoms. The molecule has 3 heteroatoms. The Hall–Kier alpha value is -1.06. The molecular formula is C16H26N2O. The highest BCUT2D eigenvalue weighted by molar-refractivity contribution is 5.28. The van der Waals surface area contributed by atoms with Crippen molar-refractivity contribution in [3.05, 3.63) is 29.8 Å². The van der Waals surface area contributed by atoms with Crippen LogP contribution in [0.15, 0.2) is 24.3 Å². The molecule has 0 aromatic heterocycles. The lowest BCUT2D eigenvalue weighted by Crippen LogP contribution is -2.26. The zero-order valence-electron chi connectivity index (χ0n) is 11.8. The Kier molecular flexibility index (Phi) is 6.18. The molecule has 1 aromatic rings. The van der Waals surface area contributed by atoms with Crippen LogP contribution in [0.4, 0.5) is 0 Å². The quantitative estimate of drug-likeness (QED) is 0.801. The van der Waals surface area contributed by atoms with Gasteiger partial charge < -0.3 is 15.4 Å². The summed E-state index contributed by atoms with van der Waals surface area (Å²) in [6, 6.07) is 8.08. The molecule has 1 aliphatic rings. The topological polar surface area (TPSA) is 38.5 Å². The SMILES string of the molecule is NCc1cccc(OCCCN2CCCCCC2)c1. The zero-order valence-corrected chi connectivity index (χ0v) is 11.8. The van der Waals surface area contributed by atoms with Crippen molar-refractivity contribution >= 4 is 0 Å². The number of nitrogens with zero attached hydrogens (tertiary/aromatic N) is 1. The molecule has 2 rings (SSSR count). The van der Waals surface area contributed by atoms with Gasteiger partial charge in [0.2, 0.25) is 0 Å². The van der Waals surface area contributed by atoms with E-state index in [0.717, 1.165) is 30.9 Å². The minimum absolute atomic E-state index is 0.574. The lowest BCUT2D eigenvalue weighted by Gasteiger charge is -2.19. The Morgan fingerprint density at radius 3 is 2.63 bits per heavy atom. The van der Waals surface area contributed by atoms with E-state index in [1.165, 1.54) is 38.8 Å². The number of likely N-dealkylation sites (tertiary alicyclic amines) is 1. The van der Waals surface area contributed by atoms with Gasteiger partial charge in [-0.2, -0.15) is 0 Å². The van der Waals surface area contributed by atoms with Gasteiger partial charge in [-0.3, -0.25) is 0 Å². The van der Waals surface area contributed by atoms with Crippen molar-refractivity contribution in [3.8, 4) is 5.75 Å². The van der Waals surface area contributed by atoms with Crippen LogP contribution in [0.25, 0.3) is 0 Å². The molecule has 1 aromatic carbocycles. The van der Waals surface area contributed by atoms with Crippen LogP contribution in [0.2, 0.25) is 0 Å². The van der Waals surface area contributed by atoms with Crippen LogP contribution in [-0.4, -0.2) is 31.1 Å². The van der Waals surface area contributed by atoms with Crippen molar-refractivity contribution in [2.75, 3.05) is 26.2 Å². The summed E-state index contributed by atoms with van der Waals surface area (Å²) in [5.74, 6) is 0.943. The highest BCUT2D eigenvalue weighted by Gasteiger charge is 2.08. The smallest absolute Gasteiger partial charge is 0.119 e. The van der Waals surface area contributed by atoms with Gasteiger partial charge in [-0.05, 0) is 50.0 Å². The third kappa shape index (κ3) is 5.21. The van der Waals surface area contributed by atoms with E-state index in [-0.39, 0.29) is 0 Å². The number of hydrogen-bond donors (Lipinski definition) is 1. The predicted molar refractivity (Wildman–Crippen MR) is 79.4 cm³/mol. The molecule has 0 amide bonds. The van der Waals surface area contributed by atoms with Gasteiger partial charge >= 0.3 is 0 Å². The molecule has 1 heterocycles. The maximum absolute atomic E-state index is 5.79. The van der Waals surface area contributed by atoms with Crippen molar-refractivity contribution in [1.29, 1.82) is 0 Å². The first-order chi connectivity index (χ1) is 9.38. The maximum atomic E-state index is 5.79. The summed E-state index contributed by atoms with van der Waals surface area (Å²) in [4.78, 5) is 2.58. The predicted octanol–water partition coefficient (Wildman–Crippen LogP) is 2.79. The molecule has 1 saturated heterocycles. The summed E-state index contributed by atoms with van der Waals surface area (Å²) < 4.78 is 5.79. The standard InChI is InChI=1S/C16H26N2O/c17-14-15-7-5-8-16(13-15)19-12-6-11-18-9-3-1-2-4-10-18/h5,7-8,13H,1-4,6,9-12,14,17H2. The lowest BCUT2D eigenvalue weighted by atomic mass is 10.2. The van der Waals surface area contributed by atoms with Crippen molar-refractivity contribution < 1.29 is 4.74 Å². The van der Waals surface area contributed by atoms with Gasteiger partial charge in [0.15, 0.2) is 0 Å². The highest BCUT2D eigenvalue weighted by atomic mass is 16.5. The molecule has 1 aliphatic heterocycles. The van der Waals surface area contributed by atoms with Crippen LogP contribution in [0.5, 0.6) is 5.75 Å². The zero-order chi connectivity index (χ0) is 13.3. The number of nitrogens with two attached hydrogens (primary N) is 1. The molecule has 0 saturated carbocycles. The van der Waals surface area contributed by atoms with Crippen LogP contribution >= 0.6 is 0 Å². The Bertz CT molecular complexity index is 360. The van der Waals surface area contributed by atoms with Crippen LogP contribution in [0.1, 0.15) is 37.7 Å². The second-order valence-electron chi connectivity index (χ2n) is 5.31. The first kappa shape index (κ1) is 14.4. The number of benzene rings is 1. The van der Waals surface area contributed by atoms with E-state index in [0.29, 0.717) is 6.54 Å². The van der Waals surface area contributed by atoms with Crippen molar-refractivity contribution in [1.82, 2.24) is 4.90 Å². The Labute approximate surface area is 116 Å². The van der Waals surface area contributed by atoms with Crippen molar-refractivity contribution in [2.24, 2.45) is 5.73 Å². The van der Waals surface area contributed by atoms with Crippen molar-refractivity contribution in [3.63, 3.8) is 0 Å². The Balaban J connectivity index is 1.65. The summed E-state index contributed by atoms with van der Waals surface area (Å²) in [6.45, 7) is 5.07. The molecule has 106 valence electrons. The molecule has 0 bridgehead atoms. The van der Waals surface area contributed by atoms with Crippen LogP contribution in [0, 0.1) is 0 Å². The summed E-state index contributed by atoms with van der Waals surface area (Å²) in [6.07, 6.45) is 6.63. The first-order valence-corrected chi connectivity index (χ1v) is 7.52. The van der Waals surface area contributed by atoms with Crippen molar-refractivity contribution in [2.45, 2.75) is 38.6 Å². The normalized spacial score (nSPS) is 17.1. The van der Waals surface area contributed by atoms with Gasteiger partial charge in [-0.25, -0.2) is 0 Å². The van der Waals surface area contributed by atoms with E-state index in [4.69, 9.17) is 10.5 Å². The second kappa shape index (κ2) is 8.18. The van der Waals surface area contributed by atoms with Gasteiger partial charge in [0.05, 0.1) is 6.61 Å². The van der Waals surface area contributed by atoms with Crippen LogP contribution < -0.4 is 10.5 Å². The molecule has 0 radical (unpaired) electrons. The van der Waals surface area contributed by atoms with E-state index in [2.05, 4.69) is 4.90 Å². The molecular weight excluding hydrogens is 236 g/mol. The minimum atomic E-state index is 0.574. The van der Waals surface area contributed by atoms with Gasteiger partial charge in [-0.1, -0.05) is 25.0 Å². The maximum Gasteiger partial charge on any atom is 0.119 e. The fraction of sp³-hybridized carbons (Fsp3) is 0.625. The van der Waals surface area contributed by atoms with E-state index < -0.39 is 0 Å². The largest absolute Gasteiger partial charge is 0.494 e. The monoisotopic (exact) mass is 262 g/mol. The summed E-state index contributed by atoms with van der Waals surface area (Å²) in [5, 5.41) is 0. The second-order valence-corrected chi connectivity index (χ2v) is 5.31. The van der Waals surface area contributed by atoms with Gasteiger partial charge in [-0.15, -0.1) is 0 Å². The summed E-state index contributed by atoms with van der Waals surface area (Å²) >= 11 is 0. The van der Waals surface area contributed by atoms with E-state index in [1.807, 2.05) is 24.3 Å². The Morgan fingerprint density at radius 1 is 1.11 bits per heavy atom. The molecule has 3 nitrogen and oxygen atoms in total. The molecule has 0 spiro atoms. The fourth-order valence-electron chi connectivity index (χ4n) is 2.60. The van der Waals surface area contributed by atoms with Gasteiger partial charge in [0.25, 0.3) is 0 Å². The lowest BCUT2D eigenvalue weighted by molar-refractivity contribution is 0.240. The number of rotatable bonds is 6. The van der Waals surface area contributed by atoms with E-state index in [1.54, 1.807) is 0 Å². The number of hydrogen-bond acceptors (Lipinski definition) is 3. The molecule has 2 N–H and O–H groups in total. The average molecular weight is 262 g/mol. The first-order valence-electron chi connectivity index (χ1n) is 7.52. The third-order valence-corrected chi connectivity index (χ3v) is 3.72. The number of ether oxygens (including phenoxy) is 1. The van der Waals surface area contributed by atoms with E-state index in [9.17, 15) is 0 Å². The minimum Gasteiger partial charge on any atom is -0.494 e. The van der Waals surface area contributed by atoms with Crippen LogP contribution in [0.3, 0.4) is 0 Å². The highest BCUT2D eigenvalue weighted by Crippen LogP contribution is 2.14. The molecule has 0 unspecified atom stereocenters. The summed E-state index contributed by atoms with van der Waals surface area (Å²) in [5.41, 5.74) is 6.75. The molecule has 0 aliphatic carbocycles. The summed E-state index contributed by atoms with van der Waals surface area (Å²) in [7, 11) is 0.